The van der Waals surface area contributed by atoms with Gasteiger partial charge in [0.05, 0.1) is 24.8 Å². The molecular formula is C30H35N5O4S. The van der Waals surface area contributed by atoms with Crippen LogP contribution in [-0.2, 0) is 27.8 Å². The van der Waals surface area contributed by atoms with E-state index in [1.807, 2.05) is 31.2 Å². The van der Waals surface area contributed by atoms with E-state index in [-0.39, 0.29) is 30.3 Å². The van der Waals surface area contributed by atoms with Crippen LogP contribution in [-0.4, -0.2) is 42.5 Å². The molecule has 0 saturated heterocycles. The molecule has 5 rings (SSSR count). The largest absolute Gasteiger partial charge is 0.348 e. The average molecular weight is 562 g/mol. The Balaban J connectivity index is 1.46. The van der Waals surface area contributed by atoms with Gasteiger partial charge in [-0.25, -0.2) is 23.1 Å². The minimum absolute atomic E-state index is 0.0815. The molecule has 2 aliphatic rings. The summed E-state index contributed by atoms with van der Waals surface area (Å²) in [6.07, 6.45) is 8.72. The molecule has 10 heteroatoms. The highest BCUT2D eigenvalue weighted by Gasteiger charge is 2.40. The molecule has 1 saturated carbocycles. The van der Waals surface area contributed by atoms with E-state index < -0.39 is 22.0 Å². The van der Waals surface area contributed by atoms with Crippen molar-refractivity contribution in [1.29, 1.82) is 0 Å². The van der Waals surface area contributed by atoms with Crippen molar-refractivity contribution in [3.05, 3.63) is 94.6 Å². The molecule has 9 nitrogen and oxygen atoms in total. The second-order valence-corrected chi connectivity index (χ2v) is 12.7. The number of carbonyl (C=O) groups excluding carboxylic acids is 2. The lowest BCUT2D eigenvalue weighted by molar-refractivity contribution is -0.123. The second-order valence-electron chi connectivity index (χ2n) is 10.9. The predicted octanol–water partition coefficient (Wildman–Crippen LogP) is 3.32. The predicted molar refractivity (Wildman–Crippen MR) is 152 cm³/mol. The highest BCUT2D eigenvalue weighted by atomic mass is 32.2. The first-order valence-electron chi connectivity index (χ1n) is 13.7. The van der Waals surface area contributed by atoms with Crippen LogP contribution in [0.15, 0.2) is 60.9 Å². The van der Waals surface area contributed by atoms with Gasteiger partial charge < -0.3 is 10.6 Å². The Morgan fingerprint density at radius 3 is 2.60 bits per heavy atom. The fourth-order valence-electron chi connectivity index (χ4n) is 6.12. The highest BCUT2D eigenvalue weighted by Crippen LogP contribution is 2.40. The molecule has 1 unspecified atom stereocenters. The SMILES string of the molecule is Cc1ccc([C@@H]2NC(=O)c3ccccc3[C@H]2C(=O)NCc2ncccn2)c(CC2CCC[C@H](NS(C)(=O)=O)C2)c1. The third kappa shape index (κ3) is 6.56. The van der Waals surface area contributed by atoms with Gasteiger partial charge >= 0.3 is 0 Å². The van der Waals surface area contributed by atoms with E-state index in [1.165, 1.54) is 6.26 Å². The van der Waals surface area contributed by atoms with Crippen molar-refractivity contribution in [3.63, 3.8) is 0 Å². The molecule has 1 aliphatic carbocycles. The number of carbonyl (C=O) groups is 2. The normalized spacial score (nSPS) is 22.7. The maximum Gasteiger partial charge on any atom is 0.252 e. The van der Waals surface area contributed by atoms with E-state index in [9.17, 15) is 18.0 Å². The Kier molecular flexibility index (Phi) is 8.27. The van der Waals surface area contributed by atoms with Gasteiger partial charge in [-0.05, 0) is 60.9 Å². The maximum atomic E-state index is 13.8. The smallest absolute Gasteiger partial charge is 0.252 e. The number of nitrogens with zero attached hydrogens (tertiary/aromatic N) is 2. The molecule has 210 valence electrons. The van der Waals surface area contributed by atoms with Gasteiger partial charge in [0.15, 0.2) is 0 Å². The third-order valence-electron chi connectivity index (χ3n) is 7.79. The number of benzene rings is 2. The number of hydrogen-bond donors (Lipinski definition) is 3. The summed E-state index contributed by atoms with van der Waals surface area (Å²) < 4.78 is 26.5. The molecule has 0 spiro atoms. The van der Waals surface area contributed by atoms with Crippen LogP contribution < -0.4 is 15.4 Å². The summed E-state index contributed by atoms with van der Waals surface area (Å²) in [5.41, 5.74) is 4.24. The van der Waals surface area contributed by atoms with Crippen LogP contribution in [0, 0.1) is 12.8 Å². The van der Waals surface area contributed by atoms with E-state index in [2.05, 4.69) is 31.4 Å². The van der Waals surface area contributed by atoms with Crippen molar-refractivity contribution in [2.45, 2.75) is 63.6 Å². The number of aromatic nitrogens is 2. The zero-order valence-electron chi connectivity index (χ0n) is 22.8. The van der Waals surface area contributed by atoms with E-state index in [0.717, 1.165) is 48.8 Å². The third-order valence-corrected chi connectivity index (χ3v) is 8.55. The van der Waals surface area contributed by atoms with Crippen LogP contribution in [0.4, 0.5) is 0 Å². The Bertz CT molecular complexity index is 1490. The summed E-state index contributed by atoms with van der Waals surface area (Å²) in [7, 11) is -3.28. The van der Waals surface area contributed by atoms with Crippen LogP contribution >= 0.6 is 0 Å². The number of amides is 2. The lowest BCUT2D eigenvalue weighted by atomic mass is 9.76. The van der Waals surface area contributed by atoms with Gasteiger partial charge in [0, 0.05) is 24.0 Å². The number of hydrogen-bond acceptors (Lipinski definition) is 6. The van der Waals surface area contributed by atoms with Gasteiger partial charge in [0.2, 0.25) is 15.9 Å². The zero-order chi connectivity index (χ0) is 28.3. The van der Waals surface area contributed by atoms with Gasteiger partial charge in [-0.2, -0.15) is 0 Å². The molecule has 2 amide bonds. The molecule has 3 N–H and O–H groups in total. The maximum absolute atomic E-state index is 13.8. The Morgan fingerprint density at radius 2 is 1.82 bits per heavy atom. The van der Waals surface area contributed by atoms with Crippen LogP contribution in [0.3, 0.4) is 0 Å². The molecule has 2 aromatic carbocycles. The fourth-order valence-corrected chi connectivity index (χ4v) is 6.94. The number of nitrogens with one attached hydrogen (secondary N) is 3. The Morgan fingerprint density at radius 1 is 1.05 bits per heavy atom. The van der Waals surface area contributed by atoms with Crippen LogP contribution in [0.2, 0.25) is 0 Å². The van der Waals surface area contributed by atoms with Crippen molar-refractivity contribution in [3.8, 4) is 0 Å². The molecule has 0 radical (unpaired) electrons. The minimum Gasteiger partial charge on any atom is -0.348 e. The quantitative estimate of drug-likeness (QED) is 0.387. The molecule has 40 heavy (non-hydrogen) atoms. The van der Waals surface area contributed by atoms with Crippen molar-refractivity contribution >= 4 is 21.8 Å². The number of fused-ring (bicyclic) bond motifs is 1. The minimum atomic E-state index is -3.28. The van der Waals surface area contributed by atoms with Gasteiger partial charge in [-0.15, -0.1) is 0 Å². The molecule has 0 bridgehead atoms. The van der Waals surface area contributed by atoms with Crippen molar-refractivity contribution in [2.75, 3.05) is 6.26 Å². The molecule has 2 heterocycles. The summed E-state index contributed by atoms with van der Waals surface area (Å²) in [5, 5.41) is 6.12. The first-order valence-corrected chi connectivity index (χ1v) is 15.6. The van der Waals surface area contributed by atoms with Crippen LogP contribution in [0.5, 0.6) is 0 Å². The van der Waals surface area contributed by atoms with Crippen molar-refractivity contribution < 1.29 is 18.0 Å². The van der Waals surface area contributed by atoms with E-state index in [1.54, 1.807) is 30.6 Å². The molecular weight excluding hydrogens is 526 g/mol. The van der Waals surface area contributed by atoms with E-state index in [0.29, 0.717) is 17.0 Å². The molecule has 1 fully saturated rings. The topological polar surface area (TPSA) is 130 Å². The van der Waals surface area contributed by atoms with Crippen LogP contribution in [0.1, 0.15) is 76.1 Å². The summed E-state index contributed by atoms with van der Waals surface area (Å²) >= 11 is 0. The van der Waals surface area contributed by atoms with Crippen LogP contribution in [0.25, 0.3) is 0 Å². The van der Waals surface area contributed by atoms with Gasteiger partial charge in [0.1, 0.15) is 5.82 Å². The highest BCUT2D eigenvalue weighted by molar-refractivity contribution is 7.88. The standard InChI is InChI=1S/C30H35N5O4S/c1-19-11-12-23(21(15-19)16-20-7-5-8-22(17-20)35-40(2,38)39)28-27(24-9-3-4-10-25(24)29(36)34-28)30(37)33-18-26-31-13-6-14-32-26/h3-4,6,9-15,20,22,27-28,35H,5,7-8,16-18H2,1-2H3,(H,33,37)(H,34,36)/t20?,22-,27+,28-/m0/s1. The average Bonchev–Trinajstić information content (AvgIpc) is 2.92. The molecule has 1 aliphatic heterocycles. The summed E-state index contributed by atoms with van der Waals surface area (Å²) in [6.45, 7) is 2.21. The zero-order valence-corrected chi connectivity index (χ0v) is 23.6. The Hall–Kier alpha value is -3.63. The molecule has 3 aromatic rings. The van der Waals surface area contributed by atoms with Crippen molar-refractivity contribution in [1.82, 2.24) is 25.3 Å². The monoisotopic (exact) mass is 561 g/mol. The van der Waals surface area contributed by atoms with Gasteiger partial charge in [-0.1, -0.05) is 54.8 Å². The second kappa shape index (κ2) is 11.9. The molecule has 1 aromatic heterocycles. The summed E-state index contributed by atoms with van der Waals surface area (Å²) in [4.78, 5) is 35.4. The number of aryl methyl sites for hydroxylation is 1. The van der Waals surface area contributed by atoms with E-state index >= 15 is 0 Å². The summed E-state index contributed by atoms with van der Waals surface area (Å²) in [6, 6.07) is 14.5. The first kappa shape index (κ1) is 27.9. The van der Waals surface area contributed by atoms with Gasteiger partial charge in [0.25, 0.3) is 5.91 Å². The summed E-state index contributed by atoms with van der Waals surface area (Å²) in [5.74, 6) is -0.289. The Labute approximate surface area is 235 Å². The first-order chi connectivity index (χ1) is 19.2. The fraction of sp³-hybridized carbons (Fsp3) is 0.400. The number of sulfonamides is 1. The van der Waals surface area contributed by atoms with Gasteiger partial charge in [-0.3, -0.25) is 9.59 Å². The lowest BCUT2D eigenvalue weighted by Gasteiger charge is -2.35. The number of rotatable bonds is 8. The molecule has 4 atom stereocenters. The van der Waals surface area contributed by atoms with E-state index in [4.69, 9.17) is 0 Å². The lowest BCUT2D eigenvalue weighted by Crippen LogP contribution is -2.45. The van der Waals surface area contributed by atoms with Crippen molar-refractivity contribution in [2.24, 2.45) is 5.92 Å².